The predicted octanol–water partition coefficient (Wildman–Crippen LogP) is 2.94. The van der Waals surface area contributed by atoms with E-state index in [4.69, 9.17) is 0 Å². The third-order valence-electron chi connectivity index (χ3n) is 4.28. The molecule has 0 saturated carbocycles. The first-order valence-corrected chi connectivity index (χ1v) is 8.57. The van der Waals surface area contributed by atoms with Crippen LogP contribution in [0.2, 0.25) is 0 Å². The van der Waals surface area contributed by atoms with Gasteiger partial charge in [0.05, 0.1) is 15.9 Å². The first kappa shape index (κ1) is 16.0. The van der Waals surface area contributed by atoms with E-state index in [2.05, 4.69) is 49.8 Å². The molecule has 20 heavy (non-hydrogen) atoms. The monoisotopic (exact) mass is 342 g/mol. The third kappa shape index (κ3) is 3.62. The molecule has 0 spiro atoms. The molecule has 1 atom stereocenters. The topological polar surface area (TPSA) is 33.1 Å². The third-order valence-corrected chi connectivity index (χ3v) is 5.31. The van der Waals surface area contributed by atoms with Crippen LogP contribution in [0.4, 0.5) is 0 Å². The van der Waals surface area contributed by atoms with Gasteiger partial charge in [-0.1, -0.05) is 6.42 Å². The number of nitrogens with one attached hydrogen (secondary N) is 1. The SMILES string of the molecule is CCn1nc(C)c(Br)c1CN1CCCCC1CCNC. The Kier molecular flexibility index (Phi) is 6.05. The second kappa shape index (κ2) is 7.57. The molecule has 114 valence electrons. The highest BCUT2D eigenvalue weighted by molar-refractivity contribution is 9.10. The molecule has 2 heterocycles. The molecule has 1 aromatic rings. The van der Waals surface area contributed by atoms with Crippen LogP contribution in [-0.2, 0) is 13.1 Å². The minimum atomic E-state index is 0.712. The highest BCUT2D eigenvalue weighted by Gasteiger charge is 2.24. The summed E-state index contributed by atoms with van der Waals surface area (Å²) >= 11 is 3.72. The van der Waals surface area contributed by atoms with Crippen LogP contribution < -0.4 is 5.32 Å². The number of halogens is 1. The summed E-state index contributed by atoms with van der Waals surface area (Å²) in [6.45, 7) is 8.52. The van der Waals surface area contributed by atoms with Crippen LogP contribution in [0, 0.1) is 6.92 Å². The number of hydrogen-bond acceptors (Lipinski definition) is 3. The fraction of sp³-hybridized carbons (Fsp3) is 0.800. The Hall–Kier alpha value is -0.390. The van der Waals surface area contributed by atoms with Gasteiger partial charge < -0.3 is 5.32 Å². The van der Waals surface area contributed by atoms with Gasteiger partial charge in [0.2, 0.25) is 0 Å². The Morgan fingerprint density at radius 1 is 1.40 bits per heavy atom. The van der Waals surface area contributed by atoms with E-state index < -0.39 is 0 Å². The van der Waals surface area contributed by atoms with Crippen LogP contribution in [0.25, 0.3) is 0 Å². The normalized spacial score (nSPS) is 20.5. The zero-order valence-electron chi connectivity index (χ0n) is 13.0. The van der Waals surface area contributed by atoms with Gasteiger partial charge in [0, 0.05) is 19.1 Å². The van der Waals surface area contributed by atoms with Crippen molar-refractivity contribution in [1.82, 2.24) is 20.0 Å². The Morgan fingerprint density at radius 3 is 2.90 bits per heavy atom. The molecule has 0 aromatic carbocycles. The smallest absolute Gasteiger partial charge is 0.0739 e. The summed E-state index contributed by atoms with van der Waals surface area (Å²) in [4.78, 5) is 2.65. The summed E-state index contributed by atoms with van der Waals surface area (Å²) in [5.41, 5.74) is 2.44. The molecular formula is C15H27BrN4. The molecule has 1 unspecified atom stereocenters. The molecule has 5 heteroatoms. The van der Waals surface area contributed by atoms with Gasteiger partial charge in [-0.15, -0.1) is 0 Å². The van der Waals surface area contributed by atoms with E-state index in [0.717, 1.165) is 25.3 Å². The maximum Gasteiger partial charge on any atom is 0.0739 e. The molecule has 0 bridgehead atoms. The van der Waals surface area contributed by atoms with Gasteiger partial charge in [-0.05, 0) is 69.2 Å². The average molecular weight is 343 g/mol. The molecule has 1 fully saturated rings. The summed E-state index contributed by atoms with van der Waals surface area (Å²) < 4.78 is 3.33. The van der Waals surface area contributed by atoms with Crippen molar-refractivity contribution in [2.24, 2.45) is 0 Å². The standard InChI is InChI=1S/C15H27BrN4/c1-4-20-14(15(16)12(2)18-20)11-19-10-6-5-7-13(19)8-9-17-3/h13,17H,4-11H2,1-3H3. The van der Waals surface area contributed by atoms with Gasteiger partial charge in [-0.3, -0.25) is 9.58 Å². The summed E-state index contributed by atoms with van der Waals surface area (Å²) in [6, 6.07) is 0.712. The minimum absolute atomic E-state index is 0.712. The zero-order valence-corrected chi connectivity index (χ0v) is 14.5. The number of aromatic nitrogens is 2. The van der Waals surface area contributed by atoms with Crippen molar-refractivity contribution in [3.63, 3.8) is 0 Å². The van der Waals surface area contributed by atoms with E-state index in [0.29, 0.717) is 6.04 Å². The number of nitrogens with zero attached hydrogens (tertiary/aromatic N) is 3. The van der Waals surface area contributed by atoms with Crippen LogP contribution in [0.1, 0.15) is 44.0 Å². The molecule has 1 aromatic heterocycles. The number of likely N-dealkylation sites (tertiary alicyclic amines) is 1. The summed E-state index contributed by atoms with van der Waals surface area (Å²) in [5.74, 6) is 0. The molecular weight excluding hydrogens is 316 g/mol. The maximum absolute atomic E-state index is 4.61. The van der Waals surface area contributed by atoms with Crippen LogP contribution in [-0.4, -0.2) is 40.9 Å². The van der Waals surface area contributed by atoms with Crippen molar-refractivity contribution in [1.29, 1.82) is 0 Å². The van der Waals surface area contributed by atoms with Crippen LogP contribution >= 0.6 is 15.9 Å². The lowest BCUT2D eigenvalue weighted by atomic mass is 9.99. The van der Waals surface area contributed by atoms with Crippen LogP contribution in [0.3, 0.4) is 0 Å². The fourth-order valence-corrected chi connectivity index (χ4v) is 3.53. The highest BCUT2D eigenvalue weighted by atomic mass is 79.9. The van der Waals surface area contributed by atoms with Crippen molar-refractivity contribution >= 4 is 15.9 Å². The molecule has 0 aliphatic carbocycles. The van der Waals surface area contributed by atoms with Crippen LogP contribution in [0.15, 0.2) is 4.47 Å². The highest BCUT2D eigenvalue weighted by Crippen LogP contribution is 2.26. The van der Waals surface area contributed by atoms with Crippen molar-refractivity contribution in [2.75, 3.05) is 20.1 Å². The van der Waals surface area contributed by atoms with E-state index >= 15 is 0 Å². The van der Waals surface area contributed by atoms with Crippen LogP contribution in [0.5, 0.6) is 0 Å². The number of piperidine rings is 1. The minimum Gasteiger partial charge on any atom is -0.320 e. The molecule has 1 N–H and O–H groups in total. The number of hydrogen-bond donors (Lipinski definition) is 1. The van der Waals surface area contributed by atoms with E-state index in [1.165, 1.54) is 42.4 Å². The Morgan fingerprint density at radius 2 is 2.20 bits per heavy atom. The summed E-state index contributed by atoms with van der Waals surface area (Å²) in [7, 11) is 2.04. The van der Waals surface area contributed by atoms with Gasteiger partial charge in [0.25, 0.3) is 0 Å². The lowest BCUT2D eigenvalue weighted by Gasteiger charge is -2.36. The van der Waals surface area contributed by atoms with Crippen molar-refractivity contribution < 1.29 is 0 Å². The predicted molar refractivity (Wildman–Crippen MR) is 86.9 cm³/mol. The van der Waals surface area contributed by atoms with Crippen molar-refractivity contribution in [2.45, 2.75) is 58.7 Å². The fourth-order valence-electron chi connectivity index (χ4n) is 3.12. The van der Waals surface area contributed by atoms with E-state index in [1.807, 2.05) is 7.05 Å². The summed E-state index contributed by atoms with van der Waals surface area (Å²) in [5, 5.41) is 7.90. The molecule has 0 radical (unpaired) electrons. The van der Waals surface area contributed by atoms with Crippen molar-refractivity contribution in [3.8, 4) is 0 Å². The second-order valence-electron chi connectivity index (χ2n) is 5.67. The van der Waals surface area contributed by atoms with Gasteiger partial charge in [0.1, 0.15) is 0 Å². The lowest BCUT2D eigenvalue weighted by molar-refractivity contribution is 0.128. The number of aryl methyl sites for hydroxylation is 2. The van der Waals surface area contributed by atoms with Gasteiger partial charge >= 0.3 is 0 Å². The van der Waals surface area contributed by atoms with E-state index in [1.54, 1.807) is 0 Å². The van der Waals surface area contributed by atoms with E-state index in [9.17, 15) is 0 Å². The van der Waals surface area contributed by atoms with Gasteiger partial charge in [0.15, 0.2) is 0 Å². The Bertz CT molecular complexity index is 430. The Labute approximate surface area is 131 Å². The quantitative estimate of drug-likeness (QED) is 0.862. The molecule has 1 saturated heterocycles. The zero-order chi connectivity index (χ0) is 14.5. The largest absolute Gasteiger partial charge is 0.320 e. The maximum atomic E-state index is 4.61. The Balaban J connectivity index is 2.10. The summed E-state index contributed by atoms with van der Waals surface area (Å²) in [6.07, 6.45) is 5.27. The lowest BCUT2D eigenvalue weighted by Crippen LogP contribution is -2.40. The molecule has 4 nitrogen and oxygen atoms in total. The molecule has 0 amide bonds. The number of rotatable bonds is 6. The van der Waals surface area contributed by atoms with Gasteiger partial charge in [-0.2, -0.15) is 5.10 Å². The van der Waals surface area contributed by atoms with E-state index in [-0.39, 0.29) is 0 Å². The first-order valence-electron chi connectivity index (χ1n) is 7.77. The van der Waals surface area contributed by atoms with Crippen molar-refractivity contribution in [3.05, 3.63) is 15.9 Å². The molecule has 1 aliphatic heterocycles. The second-order valence-corrected chi connectivity index (χ2v) is 6.47. The average Bonchev–Trinajstić information content (AvgIpc) is 2.74. The molecule has 2 rings (SSSR count). The van der Waals surface area contributed by atoms with Gasteiger partial charge in [-0.25, -0.2) is 0 Å². The first-order chi connectivity index (χ1) is 9.67. The molecule has 1 aliphatic rings.